The largest absolute Gasteiger partial charge is 0.496 e. The first-order chi connectivity index (χ1) is 14.1. The van der Waals surface area contributed by atoms with Gasteiger partial charge in [-0.25, -0.2) is 0 Å². The summed E-state index contributed by atoms with van der Waals surface area (Å²) >= 11 is 0. The smallest absolute Gasteiger partial charge is 0.199 e. The van der Waals surface area contributed by atoms with E-state index in [9.17, 15) is 4.79 Å². The molecule has 0 spiro atoms. The zero-order chi connectivity index (χ0) is 21.1. The van der Waals surface area contributed by atoms with Gasteiger partial charge >= 0.3 is 0 Å². The van der Waals surface area contributed by atoms with E-state index < -0.39 is 0 Å². The van der Waals surface area contributed by atoms with E-state index in [0.717, 1.165) is 18.6 Å². The third-order valence-electron chi connectivity index (χ3n) is 5.72. The van der Waals surface area contributed by atoms with Crippen LogP contribution in [0, 0.1) is 6.92 Å². The molecule has 0 aliphatic rings. The number of fused-ring (bicyclic) bond motifs is 1. The van der Waals surface area contributed by atoms with Gasteiger partial charge in [0.15, 0.2) is 5.43 Å². The van der Waals surface area contributed by atoms with Crippen molar-refractivity contribution in [1.82, 2.24) is 0 Å². The summed E-state index contributed by atoms with van der Waals surface area (Å²) in [5, 5.41) is 0.494. The molecule has 0 fully saturated rings. The molecule has 0 N–H and O–H groups in total. The van der Waals surface area contributed by atoms with Gasteiger partial charge in [0.25, 0.3) is 0 Å². The zero-order valence-electron chi connectivity index (χ0n) is 18.8. The number of benzene rings is 1. The minimum Gasteiger partial charge on any atom is -0.496 e. The van der Waals surface area contributed by atoms with Gasteiger partial charge in [0.1, 0.15) is 28.2 Å². The maximum absolute atomic E-state index is 12.8. The molecule has 1 aromatic carbocycles. The third kappa shape index (κ3) is 6.80. The van der Waals surface area contributed by atoms with E-state index in [1.54, 1.807) is 26.4 Å². The molecular formula is C25H38O4. The first-order valence-electron chi connectivity index (χ1n) is 11.3. The predicted octanol–water partition coefficient (Wildman–Crippen LogP) is 6.97. The minimum atomic E-state index is -0.0103. The monoisotopic (exact) mass is 402 g/mol. The predicted molar refractivity (Wildman–Crippen MR) is 120 cm³/mol. The van der Waals surface area contributed by atoms with E-state index in [1.165, 1.54) is 64.2 Å². The molecule has 0 atom stereocenters. The highest BCUT2D eigenvalue weighted by molar-refractivity contribution is 5.85. The molecular weight excluding hydrogens is 364 g/mol. The van der Waals surface area contributed by atoms with Gasteiger partial charge in [-0.05, 0) is 13.3 Å². The van der Waals surface area contributed by atoms with Gasteiger partial charge in [-0.2, -0.15) is 0 Å². The number of rotatable bonds is 14. The van der Waals surface area contributed by atoms with Crippen LogP contribution in [-0.2, 0) is 6.42 Å². The fourth-order valence-corrected chi connectivity index (χ4v) is 3.86. The number of unbranched alkanes of at least 4 members (excludes halogenated alkanes) is 10. The average molecular weight is 403 g/mol. The third-order valence-corrected chi connectivity index (χ3v) is 5.72. The first-order valence-corrected chi connectivity index (χ1v) is 11.3. The lowest BCUT2D eigenvalue weighted by Gasteiger charge is -2.11. The summed E-state index contributed by atoms with van der Waals surface area (Å²) in [7, 11) is 3.15. The standard InChI is InChI=1S/C25H38O4/c1-5-6-7-8-9-10-11-12-13-14-15-16-21-19(2)25(26)24-22(28-4)17-20(27-3)18-23(24)29-21/h17-18H,5-16H2,1-4H3. The van der Waals surface area contributed by atoms with E-state index in [1.807, 2.05) is 6.92 Å². The minimum absolute atomic E-state index is 0.0103. The Hall–Kier alpha value is -1.97. The lowest BCUT2D eigenvalue weighted by Crippen LogP contribution is -2.10. The molecule has 162 valence electrons. The lowest BCUT2D eigenvalue weighted by atomic mass is 10.0. The van der Waals surface area contributed by atoms with Crippen molar-refractivity contribution in [1.29, 1.82) is 0 Å². The van der Waals surface area contributed by atoms with Gasteiger partial charge in [-0.3, -0.25) is 4.79 Å². The van der Waals surface area contributed by atoms with E-state index in [-0.39, 0.29) is 5.43 Å². The van der Waals surface area contributed by atoms with Gasteiger partial charge in [-0.15, -0.1) is 0 Å². The molecule has 4 heteroatoms. The Kier molecular flexibility index (Phi) is 10.1. The molecule has 1 aromatic heterocycles. The SMILES string of the molecule is CCCCCCCCCCCCCc1oc2cc(OC)cc(OC)c2c(=O)c1C. The Morgan fingerprint density at radius 1 is 0.828 bits per heavy atom. The maximum atomic E-state index is 12.8. The van der Waals surface area contributed by atoms with Crippen molar-refractivity contribution in [2.24, 2.45) is 0 Å². The summed E-state index contributed by atoms with van der Waals surface area (Å²) in [5.74, 6) is 1.91. The molecule has 2 aromatic rings. The fraction of sp³-hybridized carbons (Fsp3) is 0.640. The van der Waals surface area contributed by atoms with Crippen molar-refractivity contribution in [3.8, 4) is 11.5 Å². The molecule has 0 amide bonds. The summed E-state index contributed by atoms with van der Waals surface area (Å²) in [6, 6.07) is 3.49. The molecule has 0 saturated heterocycles. The molecule has 0 aliphatic carbocycles. The molecule has 0 bridgehead atoms. The van der Waals surface area contributed by atoms with Crippen molar-refractivity contribution in [2.45, 2.75) is 90.9 Å². The Balaban J connectivity index is 1.84. The van der Waals surface area contributed by atoms with E-state index >= 15 is 0 Å². The van der Waals surface area contributed by atoms with Crippen LogP contribution < -0.4 is 14.9 Å². The molecule has 4 nitrogen and oxygen atoms in total. The van der Waals surface area contributed by atoms with Gasteiger partial charge < -0.3 is 13.9 Å². The number of hydrogen-bond acceptors (Lipinski definition) is 4. The number of ether oxygens (including phenoxy) is 2. The Morgan fingerprint density at radius 3 is 1.97 bits per heavy atom. The molecule has 0 radical (unpaired) electrons. The highest BCUT2D eigenvalue weighted by Crippen LogP contribution is 2.30. The first kappa shape index (κ1) is 23.3. The van der Waals surface area contributed by atoms with Crippen molar-refractivity contribution in [3.05, 3.63) is 33.7 Å². The van der Waals surface area contributed by atoms with Crippen molar-refractivity contribution >= 4 is 11.0 Å². The second-order valence-corrected chi connectivity index (χ2v) is 7.97. The molecule has 29 heavy (non-hydrogen) atoms. The Labute approximate surface area is 175 Å². The van der Waals surface area contributed by atoms with Crippen LogP contribution in [0.1, 0.15) is 88.9 Å². The summed E-state index contributed by atoms with van der Waals surface area (Å²) in [4.78, 5) is 12.8. The van der Waals surface area contributed by atoms with Gasteiger partial charge in [-0.1, -0.05) is 71.1 Å². The Morgan fingerprint density at radius 2 is 1.41 bits per heavy atom. The quantitative estimate of drug-likeness (QED) is 0.320. The van der Waals surface area contributed by atoms with Gasteiger partial charge in [0, 0.05) is 24.1 Å². The highest BCUT2D eigenvalue weighted by Gasteiger charge is 2.16. The van der Waals surface area contributed by atoms with Crippen LogP contribution in [0.5, 0.6) is 11.5 Å². The van der Waals surface area contributed by atoms with Crippen LogP contribution in [-0.4, -0.2) is 14.2 Å². The van der Waals surface area contributed by atoms with Crippen LogP contribution in [0.4, 0.5) is 0 Å². The van der Waals surface area contributed by atoms with Crippen molar-refractivity contribution < 1.29 is 13.9 Å². The van der Waals surface area contributed by atoms with E-state index in [4.69, 9.17) is 13.9 Å². The van der Waals surface area contributed by atoms with Crippen LogP contribution in [0.2, 0.25) is 0 Å². The van der Waals surface area contributed by atoms with Crippen molar-refractivity contribution in [3.63, 3.8) is 0 Å². The lowest BCUT2D eigenvalue weighted by molar-refractivity contribution is 0.395. The average Bonchev–Trinajstić information content (AvgIpc) is 2.74. The van der Waals surface area contributed by atoms with Crippen LogP contribution in [0.3, 0.4) is 0 Å². The highest BCUT2D eigenvalue weighted by atomic mass is 16.5. The summed E-state index contributed by atoms with van der Waals surface area (Å²) < 4.78 is 16.8. The number of aryl methyl sites for hydroxylation is 1. The second kappa shape index (κ2) is 12.6. The topological polar surface area (TPSA) is 48.7 Å². The van der Waals surface area contributed by atoms with Crippen LogP contribution >= 0.6 is 0 Å². The molecule has 0 aliphatic heterocycles. The summed E-state index contributed by atoms with van der Waals surface area (Å²) in [6.07, 6.45) is 15.2. The molecule has 0 saturated carbocycles. The normalized spacial score (nSPS) is 11.2. The Bertz CT molecular complexity index is 807. The van der Waals surface area contributed by atoms with Crippen molar-refractivity contribution in [2.75, 3.05) is 14.2 Å². The van der Waals surface area contributed by atoms with Crippen LogP contribution in [0.25, 0.3) is 11.0 Å². The fourth-order valence-electron chi connectivity index (χ4n) is 3.86. The maximum Gasteiger partial charge on any atom is 0.199 e. The second-order valence-electron chi connectivity index (χ2n) is 7.97. The summed E-state index contributed by atoms with van der Waals surface area (Å²) in [5.41, 5.74) is 1.21. The van der Waals surface area contributed by atoms with Gasteiger partial charge in [0.2, 0.25) is 0 Å². The van der Waals surface area contributed by atoms with Crippen LogP contribution in [0.15, 0.2) is 21.3 Å². The zero-order valence-corrected chi connectivity index (χ0v) is 18.8. The molecule has 1 heterocycles. The molecule has 2 rings (SSSR count). The summed E-state index contributed by atoms with van der Waals surface area (Å²) in [6.45, 7) is 4.11. The van der Waals surface area contributed by atoms with Gasteiger partial charge in [0.05, 0.1) is 14.2 Å². The number of methoxy groups -OCH3 is 2. The van der Waals surface area contributed by atoms with E-state index in [0.29, 0.717) is 28.0 Å². The molecule has 0 unspecified atom stereocenters. The van der Waals surface area contributed by atoms with E-state index in [2.05, 4.69) is 6.92 Å². The number of hydrogen-bond donors (Lipinski definition) is 0.